The molecule has 30 heavy (non-hydrogen) atoms. The lowest BCUT2D eigenvalue weighted by atomic mass is 9.89. The quantitative estimate of drug-likeness (QED) is 0.296. The van der Waals surface area contributed by atoms with Crippen LogP contribution >= 0.6 is 0 Å². The molecule has 0 aromatic rings. The second-order valence-electron chi connectivity index (χ2n) is 8.28. The lowest BCUT2D eigenvalue weighted by Gasteiger charge is -2.19. The summed E-state index contributed by atoms with van der Waals surface area (Å²) >= 11 is 0. The maximum Gasteiger partial charge on any atom is 0.235 e. The minimum absolute atomic E-state index is 0.117. The SMILES string of the molecule is CCCCC[C@H](O)/C=C/[C@@H]1[C@@H](C/C=C\CCCC(=O)N(C)S(C)(=O)=O)[C@@H](O)C[C@H]1O. The van der Waals surface area contributed by atoms with Gasteiger partial charge in [-0.1, -0.05) is 50.5 Å². The van der Waals surface area contributed by atoms with E-state index in [-0.39, 0.29) is 18.3 Å². The fraction of sp³-hybridized carbons (Fsp3) is 0.773. The molecule has 7 nitrogen and oxygen atoms in total. The Morgan fingerprint density at radius 3 is 2.50 bits per heavy atom. The molecule has 8 heteroatoms. The number of nitrogens with zero attached hydrogens (tertiary/aromatic N) is 1. The first-order valence-corrected chi connectivity index (χ1v) is 12.8. The maximum atomic E-state index is 11.8. The predicted octanol–water partition coefficient (Wildman–Crippen LogP) is 2.38. The molecule has 1 rings (SSSR count). The fourth-order valence-corrected chi connectivity index (χ4v) is 4.21. The van der Waals surface area contributed by atoms with Crippen molar-refractivity contribution in [2.75, 3.05) is 13.3 Å². The molecule has 1 aliphatic carbocycles. The van der Waals surface area contributed by atoms with E-state index >= 15 is 0 Å². The summed E-state index contributed by atoms with van der Waals surface area (Å²) in [4.78, 5) is 11.8. The highest BCUT2D eigenvalue weighted by molar-refractivity contribution is 7.88. The van der Waals surface area contributed by atoms with Gasteiger partial charge in [0.25, 0.3) is 0 Å². The molecule has 1 fully saturated rings. The first-order valence-electron chi connectivity index (χ1n) is 10.9. The molecular formula is C22H39NO6S. The Kier molecular flexibility index (Phi) is 11.8. The van der Waals surface area contributed by atoms with Crippen molar-refractivity contribution in [1.82, 2.24) is 4.31 Å². The third-order valence-electron chi connectivity index (χ3n) is 5.76. The van der Waals surface area contributed by atoms with Gasteiger partial charge in [-0.3, -0.25) is 4.79 Å². The highest BCUT2D eigenvalue weighted by Crippen LogP contribution is 2.36. The lowest BCUT2D eigenvalue weighted by Crippen LogP contribution is -2.31. The summed E-state index contributed by atoms with van der Waals surface area (Å²) in [5, 5.41) is 30.6. The maximum absolute atomic E-state index is 11.8. The van der Waals surface area contributed by atoms with Crippen molar-refractivity contribution in [3.8, 4) is 0 Å². The number of amides is 1. The van der Waals surface area contributed by atoms with E-state index in [0.29, 0.717) is 32.1 Å². The van der Waals surface area contributed by atoms with Gasteiger partial charge in [-0.2, -0.15) is 0 Å². The second kappa shape index (κ2) is 13.2. The monoisotopic (exact) mass is 445 g/mol. The summed E-state index contributed by atoms with van der Waals surface area (Å²) in [5.74, 6) is -0.744. The normalized spacial score (nSPS) is 25.9. The Morgan fingerprint density at radius 2 is 1.87 bits per heavy atom. The summed E-state index contributed by atoms with van der Waals surface area (Å²) in [5.41, 5.74) is 0. The van der Waals surface area contributed by atoms with Crippen LogP contribution in [0.15, 0.2) is 24.3 Å². The number of aliphatic hydroxyl groups excluding tert-OH is 3. The smallest absolute Gasteiger partial charge is 0.235 e. The van der Waals surface area contributed by atoms with E-state index in [4.69, 9.17) is 0 Å². The number of allylic oxidation sites excluding steroid dienone is 2. The number of rotatable bonds is 13. The molecule has 0 aromatic heterocycles. The topological polar surface area (TPSA) is 115 Å². The summed E-state index contributed by atoms with van der Waals surface area (Å²) in [7, 11) is -2.25. The van der Waals surface area contributed by atoms with E-state index in [2.05, 4.69) is 6.92 Å². The average Bonchev–Trinajstić information content (AvgIpc) is 2.94. The summed E-state index contributed by atoms with van der Waals surface area (Å²) < 4.78 is 23.4. The van der Waals surface area contributed by atoms with Gasteiger partial charge in [-0.15, -0.1) is 0 Å². The van der Waals surface area contributed by atoms with E-state index in [1.165, 1.54) is 7.05 Å². The Bertz CT molecular complexity index is 675. The van der Waals surface area contributed by atoms with Crippen molar-refractivity contribution >= 4 is 15.9 Å². The van der Waals surface area contributed by atoms with E-state index < -0.39 is 34.2 Å². The molecule has 0 spiro atoms. The van der Waals surface area contributed by atoms with Crippen LogP contribution in [0.2, 0.25) is 0 Å². The van der Waals surface area contributed by atoms with Crippen LogP contribution in [0.25, 0.3) is 0 Å². The van der Waals surface area contributed by atoms with Gasteiger partial charge >= 0.3 is 0 Å². The van der Waals surface area contributed by atoms with Crippen LogP contribution in [0.5, 0.6) is 0 Å². The summed E-state index contributed by atoms with van der Waals surface area (Å²) in [6, 6.07) is 0. The summed E-state index contributed by atoms with van der Waals surface area (Å²) in [6.07, 6.45) is 12.8. The van der Waals surface area contributed by atoms with Gasteiger partial charge in [0.1, 0.15) is 0 Å². The van der Waals surface area contributed by atoms with Crippen LogP contribution in [0.4, 0.5) is 0 Å². The second-order valence-corrected chi connectivity index (χ2v) is 10.3. The van der Waals surface area contributed by atoms with E-state index in [9.17, 15) is 28.5 Å². The van der Waals surface area contributed by atoms with Crippen LogP contribution in [0, 0.1) is 11.8 Å². The van der Waals surface area contributed by atoms with Gasteiger partial charge in [-0.05, 0) is 31.6 Å². The van der Waals surface area contributed by atoms with Gasteiger partial charge in [0.05, 0.1) is 24.6 Å². The van der Waals surface area contributed by atoms with E-state index in [1.54, 1.807) is 6.08 Å². The molecule has 174 valence electrons. The number of carbonyl (C=O) groups excluding carboxylic acids is 1. The molecule has 0 saturated heterocycles. The van der Waals surface area contributed by atoms with Gasteiger partial charge in [0.2, 0.25) is 15.9 Å². The molecule has 0 radical (unpaired) electrons. The zero-order chi connectivity index (χ0) is 22.7. The third kappa shape index (κ3) is 9.29. The zero-order valence-corrected chi connectivity index (χ0v) is 19.3. The van der Waals surface area contributed by atoms with Crippen LogP contribution < -0.4 is 0 Å². The molecule has 5 atom stereocenters. The third-order valence-corrected chi connectivity index (χ3v) is 6.96. The van der Waals surface area contributed by atoms with Crippen LogP contribution in [0.3, 0.4) is 0 Å². The minimum Gasteiger partial charge on any atom is -0.393 e. The molecule has 1 amide bonds. The number of aliphatic hydroxyl groups is 3. The summed E-state index contributed by atoms with van der Waals surface area (Å²) in [6.45, 7) is 2.11. The molecule has 1 saturated carbocycles. The van der Waals surface area contributed by atoms with Gasteiger partial charge in [0, 0.05) is 25.8 Å². The standard InChI is InChI=1S/C22H39NO6S/c1-4-5-8-11-17(24)14-15-19-18(20(25)16-21(19)26)12-9-6-7-10-13-22(27)23(2)30(3,28)29/h6,9,14-15,17-21,24-26H,4-5,7-8,10-13,16H2,1-3H3/b9-6-,15-14+/t17-,18+,19+,20-,21+/m0/s1. The Morgan fingerprint density at radius 1 is 1.17 bits per heavy atom. The minimum atomic E-state index is -3.51. The van der Waals surface area contributed by atoms with Crippen LogP contribution in [0.1, 0.15) is 64.7 Å². The first-order chi connectivity index (χ1) is 14.1. The molecule has 0 bridgehead atoms. The van der Waals surface area contributed by atoms with Crippen molar-refractivity contribution in [3.63, 3.8) is 0 Å². The first kappa shape index (κ1) is 26.8. The molecule has 1 aliphatic rings. The van der Waals surface area contributed by atoms with Crippen molar-refractivity contribution in [2.24, 2.45) is 11.8 Å². The molecule has 0 aromatic carbocycles. The number of hydrogen-bond acceptors (Lipinski definition) is 6. The van der Waals surface area contributed by atoms with Crippen molar-refractivity contribution in [2.45, 2.75) is 83.0 Å². The number of carbonyl (C=O) groups is 1. The van der Waals surface area contributed by atoms with Crippen LogP contribution in [-0.4, -0.2) is 65.6 Å². The molecule has 0 aliphatic heterocycles. The Labute approximate surface area is 181 Å². The highest BCUT2D eigenvalue weighted by Gasteiger charge is 2.39. The fourth-order valence-electron chi connectivity index (χ4n) is 3.75. The number of hydrogen-bond donors (Lipinski definition) is 3. The largest absolute Gasteiger partial charge is 0.393 e. The Hall–Kier alpha value is -1.22. The molecule has 0 unspecified atom stereocenters. The van der Waals surface area contributed by atoms with Gasteiger partial charge in [-0.25, -0.2) is 12.7 Å². The lowest BCUT2D eigenvalue weighted by molar-refractivity contribution is -0.125. The van der Waals surface area contributed by atoms with Gasteiger partial charge < -0.3 is 15.3 Å². The van der Waals surface area contributed by atoms with E-state index in [0.717, 1.165) is 29.8 Å². The number of unbranched alkanes of at least 4 members (excludes halogenated alkanes) is 3. The highest BCUT2D eigenvalue weighted by atomic mass is 32.2. The van der Waals surface area contributed by atoms with Crippen molar-refractivity contribution in [3.05, 3.63) is 24.3 Å². The number of sulfonamides is 1. The van der Waals surface area contributed by atoms with Crippen molar-refractivity contribution in [1.29, 1.82) is 0 Å². The molecule has 3 N–H and O–H groups in total. The van der Waals surface area contributed by atoms with Gasteiger partial charge in [0.15, 0.2) is 0 Å². The van der Waals surface area contributed by atoms with E-state index in [1.807, 2.05) is 18.2 Å². The molecular weight excluding hydrogens is 406 g/mol. The molecule has 0 heterocycles. The van der Waals surface area contributed by atoms with Crippen molar-refractivity contribution < 1.29 is 28.5 Å². The Balaban J connectivity index is 2.46. The zero-order valence-electron chi connectivity index (χ0n) is 18.5. The predicted molar refractivity (Wildman–Crippen MR) is 118 cm³/mol. The average molecular weight is 446 g/mol. The van der Waals surface area contributed by atoms with Crippen LogP contribution in [-0.2, 0) is 14.8 Å².